The van der Waals surface area contributed by atoms with Crippen molar-refractivity contribution >= 4 is 17.4 Å². The van der Waals surface area contributed by atoms with Crippen molar-refractivity contribution in [1.82, 2.24) is 9.80 Å². The predicted molar refractivity (Wildman–Crippen MR) is 97.2 cm³/mol. The molecule has 134 valence electrons. The second-order valence-corrected chi connectivity index (χ2v) is 7.62. The summed E-state index contributed by atoms with van der Waals surface area (Å²) in [5.41, 5.74) is 0.958. The first-order chi connectivity index (χ1) is 11.3. The molecule has 1 unspecified atom stereocenters. The van der Waals surface area contributed by atoms with Crippen LogP contribution in [0, 0.1) is 5.92 Å². The van der Waals surface area contributed by atoms with Gasteiger partial charge in [0.05, 0.1) is 5.92 Å². The summed E-state index contributed by atoms with van der Waals surface area (Å²) < 4.78 is 14.4. The number of ketones is 1. The number of carbonyl (C=O) groups excluding carboxylic acids is 1. The van der Waals surface area contributed by atoms with E-state index in [4.69, 9.17) is 11.6 Å². The largest absolute Gasteiger partial charge is 0.299 e. The van der Waals surface area contributed by atoms with Gasteiger partial charge < -0.3 is 0 Å². The standard InChI is InChI=1S/C19H28ClFN2O/c1-13(2)19(24)17(15-5-7-16(20)8-6-15)11-22-9-10-23(14(3)4)18(21)12-22/h5-8,13-14,17-18H,9-12H2,1-4H3/t17?,18-/m1/s1. The van der Waals surface area contributed by atoms with Crippen LogP contribution in [0.25, 0.3) is 0 Å². The summed E-state index contributed by atoms with van der Waals surface area (Å²) in [7, 11) is 0. The van der Waals surface area contributed by atoms with Crippen molar-refractivity contribution in [3.63, 3.8) is 0 Å². The van der Waals surface area contributed by atoms with E-state index in [0.29, 0.717) is 24.7 Å². The van der Waals surface area contributed by atoms with E-state index in [1.54, 1.807) is 0 Å². The van der Waals surface area contributed by atoms with Crippen molar-refractivity contribution in [3.05, 3.63) is 34.9 Å². The average Bonchev–Trinajstić information content (AvgIpc) is 2.52. The lowest BCUT2D eigenvalue weighted by atomic mass is 9.88. The monoisotopic (exact) mass is 354 g/mol. The van der Waals surface area contributed by atoms with Crippen LogP contribution < -0.4 is 0 Å². The molecule has 0 N–H and O–H groups in total. The predicted octanol–water partition coefficient (Wildman–Crippen LogP) is 3.97. The molecule has 0 amide bonds. The number of hydrogen-bond acceptors (Lipinski definition) is 3. The molecular weight excluding hydrogens is 327 g/mol. The van der Waals surface area contributed by atoms with Crippen LogP contribution >= 0.6 is 11.6 Å². The molecule has 3 nitrogen and oxygen atoms in total. The molecule has 0 radical (unpaired) electrons. The summed E-state index contributed by atoms with van der Waals surface area (Å²) in [5.74, 6) is -0.0945. The Morgan fingerprint density at radius 3 is 2.33 bits per heavy atom. The first-order valence-electron chi connectivity index (χ1n) is 8.71. The Balaban J connectivity index is 2.12. The zero-order chi connectivity index (χ0) is 17.9. The third kappa shape index (κ3) is 4.78. The number of hydrogen-bond donors (Lipinski definition) is 0. The van der Waals surface area contributed by atoms with Gasteiger partial charge in [-0.2, -0.15) is 0 Å². The molecule has 5 heteroatoms. The van der Waals surface area contributed by atoms with Crippen LogP contribution in [0.4, 0.5) is 4.39 Å². The summed E-state index contributed by atoms with van der Waals surface area (Å²) >= 11 is 5.96. The maximum atomic E-state index is 14.4. The fourth-order valence-corrected chi connectivity index (χ4v) is 3.40. The van der Waals surface area contributed by atoms with E-state index in [9.17, 15) is 9.18 Å². The molecule has 1 aromatic rings. The molecule has 1 aliphatic heterocycles. The lowest BCUT2D eigenvalue weighted by Crippen LogP contribution is -2.54. The number of nitrogens with zero attached hydrogens (tertiary/aromatic N) is 2. The maximum absolute atomic E-state index is 14.4. The van der Waals surface area contributed by atoms with Crippen LogP contribution in [0.2, 0.25) is 5.02 Å². The molecular formula is C19H28ClFN2O. The van der Waals surface area contributed by atoms with Gasteiger partial charge in [0.2, 0.25) is 0 Å². The van der Waals surface area contributed by atoms with Crippen LogP contribution in [-0.4, -0.2) is 54.1 Å². The molecule has 1 saturated heterocycles. The van der Waals surface area contributed by atoms with Crippen LogP contribution in [0.15, 0.2) is 24.3 Å². The van der Waals surface area contributed by atoms with Crippen molar-refractivity contribution in [2.45, 2.75) is 46.0 Å². The molecule has 1 aromatic carbocycles. The molecule has 1 aliphatic rings. The summed E-state index contributed by atoms with van der Waals surface area (Å²) in [4.78, 5) is 16.6. The zero-order valence-corrected chi connectivity index (χ0v) is 15.8. The molecule has 1 fully saturated rings. The topological polar surface area (TPSA) is 23.6 Å². The first-order valence-corrected chi connectivity index (χ1v) is 9.08. The summed E-state index contributed by atoms with van der Waals surface area (Å²) in [6, 6.07) is 7.64. The van der Waals surface area contributed by atoms with E-state index in [-0.39, 0.29) is 23.7 Å². The molecule has 24 heavy (non-hydrogen) atoms. The second kappa shape index (κ2) is 8.41. The minimum atomic E-state index is -0.973. The van der Waals surface area contributed by atoms with Crippen molar-refractivity contribution in [1.29, 1.82) is 0 Å². The number of benzene rings is 1. The van der Waals surface area contributed by atoms with Crippen LogP contribution in [-0.2, 0) is 4.79 Å². The van der Waals surface area contributed by atoms with E-state index in [2.05, 4.69) is 4.90 Å². The molecule has 0 spiro atoms. The number of Topliss-reactive ketones (excluding diaryl/α,β-unsaturated/α-hetero) is 1. The Bertz CT molecular complexity index is 547. The number of halogens is 2. The Morgan fingerprint density at radius 2 is 1.83 bits per heavy atom. The van der Waals surface area contributed by atoms with Gasteiger partial charge in [-0.15, -0.1) is 0 Å². The van der Waals surface area contributed by atoms with Crippen LogP contribution in [0.5, 0.6) is 0 Å². The molecule has 0 bridgehead atoms. The Labute approximate surface area is 149 Å². The quantitative estimate of drug-likeness (QED) is 0.722. The highest BCUT2D eigenvalue weighted by Gasteiger charge is 2.32. The molecule has 0 aromatic heterocycles. The highest BCUT2D eigenvalue weighted by atomic mass is 35.5. The van der Waals surface area contributed by atoms with E-state index in [1.807, 2.05) is 56.9 Å². The van der Waals surface area contributed by atoms with Gasteiger partial charge in [0.1, 0.15) is 5.78 Å². The minimum absolute atomic E-state index is 0.0520. The maximum Gasteiger partial charge on any atom is 0.166 e. The van der Waals surface area contributed by atoms with Gasteiger partial charge in [-0.3, -0.25) is 14.6 Å². The minimum Gasteiger partial charge on any atom is -0.299 e. The van der Waals surface area contributed by atoms with E-state index in [1.165, 1.54) is 0 Å². The smallest absolute Gasteiger partial charge is 0.166 e. The highest BCUT2D eigenvalue weighted by Crippen LogP contribution is 2.25. The molecule has 2 rings (SSSR count). The summed E-state index contributed by atoms with van der Waals surface area (Å²) in [6.07, 6.45) is -0.973. The van der Waals surface area contributed by atoms with Crippen molar-refractivity contribution in [3.8, 4) is 0 Å². The molecule has 0 saturated carbocycles. The van der Waals surface area contributed by atoms with Gasteiger partial charge in [-0.25, -0.2) is 4.39 Å². The molecule has 2 atom stereocenters. The Kier molecular flexibility index (Phi) is 6.79. The Morgan fingerprint density at radius 1 is 1.21 bits per heavy atom. The third-order valence-electron chi connectivity index (χ3n) is 4.73. The van der Waals surface area contributed by atoms with Crippen molar-refractivity contribution in [2.24, 2.45) is 5.92 Å². The van der Waals surface area contributed by atoms with E-state index in [0.717, 1.165) is 12.1 Å². The molecule has 0 aliphatic carbocycles. The lowest BCUT2D eigenvalue weighted by molar-refractivity contribution is -0.124. The van der Waals surface area contributed by atoms with Gasteiger partial charge in [-0.05, 0) is 31.5 Å². The normalized spacial score (nSPS) is 21.4. The lowest BCUT2D eigenvalue weighted by Gasteiger charge is -2.40. The van der Waals surface area contributed by atoms with Gasteiger partial charge in [0.15, 0.2) is 6.30 Å². The van der Waals surface area contributed by atoms with Crippen molar-refractivity contribution < 1.29 is 9.18 Å². The van der Waals surface area contributed by atoms with Gasteiger partial charge in [0.25, 0.3) is 0 Å². The third-order valence-corrected chi connectivity index (χ3v) is 4.98. The highest BCUT2D eigenvalue weighted by molar-refractivity contribution is 6.30. The van der Waals surface area contributed by atoms with Gasteiger partial charge in [-0.1, -0.05) is 37.6 Å². The number of alkyl halides is 1. The van der Waals surface area contributed by atoms with Crippen LogP contribution in [0.3, 0.4) is 0 Å². The average molecular weight is 355 g/mol. The van der Waals surface area contributed by atoms with E-state index < -0.39 is 6.30 Å². The number of rotatable bonds is 6. The first kappa shape index (κ1) is 19.4. The second-order valence-electron chi connectivity index (χ2n) is 7.19. The SMILES string of the molecule is CC(C)C(=O)C(CN1CCN(C(C)C)[C@@H](F)C1)c1ccc(Cl)cc1. The zero-order valence-electron chi connectivity index (χ0n) is 15.0. The van der Waals surface area contributed by atoms with Gasteiger partial charge in [0, 0.05) is 43.2 Å². The fraction of sp³-hybridized carbons (Fsp3) is 0.632. The fourth-order valence-electron chi connectivity index (χ4n) is 3.27. The van der Waals surface area contributed by atoms with Gasteiger partial charge >= 0.3 is 0 Å². The Hall–Kier alpha value is -0.970. The number of piperazine rings is 1. The van der Waals surface area contributed by atoms with Crippen LogP contribution in [0.1, 0.15) is 39.2 Å². The number of carbonyl (C=O) groups is 1. The summed E-state index contributed by atoms with van der Waals surface area (Å²) in [6.45, 7) is 10.3. The van der Waals surface area contributed by atoms with E-state index >= 15 is 0 Å². The molecule has 1 heterocycles. The van der Waals surface area contributed by atoms with Crippen molar-refractivity contribution in [2.75, 3.05) is 26.2 Å². The summed E-state index contributed by atoms with van der Waals surface area (Å²) in [5, 5.41) is 0.656.